The molecule has 1 aromatic carbocycles. The summed E-state index contributed by atoms with van der Waals surface area (Å²) >= 11 is 0. The first-order chi connectivity index (χ1) is 14.4. The van der Waals surface area contributed by atoms with Gasteiger partial charge in [0.05, 0.1) is 14.2 Å². The Morgan fingerprint density at radius 2 is 1.70 bits per heavy atom. The number of fused-ring (bicyclic) bond motifs is 1. The highest BCUT2D eigenvalue weighted by Gasteiger charge is 2.24. The Kier molecular flexibility index (Phi) is 5.51. The molecule has 0 N–H and O–H groups in total. The topological polar surface area (TPSA) is 68.0 Å². The number of hydrogen-bond donors (Lipinski definition) is 0. The molecule has 0 spiro atoms. The van der Waals surface area contributed by atoms with Crippen molar-refractivity contribution in [1.82, 2.24) is 24.7 Å². The maximum absolute atomic E-state index is 5.53. The van der Waals surface area contributed by atoms with E-state index in [1.54, 1.807) is 14.2 Å². The van der Waals surface area contributed by atoms with Crippen molar-refractivity contribution in [3.8, 4) is 11.5 Å². The van der Waals surface area contributed by atoms with Crippen molar-refractivity contribution in [3.63, 3.8) is 0 Å². The minimum Gasteiger partial charge on any atom is -0.497 e. The molecule has 3 aromatic rings. The number of benzene rings is 1. The van der Waals surface area contributed by atoms with Gasteiger partial charge in [0.15, 0.2) is 11.5 Å². The first kappa shape index (κ1) is 20.4. The van der Waals surface area contributed by atoms with Crippen LogP contribution in [0.4, 0.5) is 5.82 Å². The number of ether oxygens (including phenoxy) is 2. The SMILES string of the molecule is COc1ccc(OC)c(CN2CCN(c3ccc4nnc(C(C)(C)C)n4n3)CC2)c1. The lowest BCUT2D eigenvalue weighted by Crippen LogP contribution is -2.46. The van der Waals surface area contributed by atoms with Gasteiger partial charge in [-0.3, -0.25) is 4.90 Å². The van der Waals surface area contributed by atoms with Gasteiger partial charge in [-0.25, -0.2) is 0 Å². The summed E-state index contributed by atoms with van der Waals surface area (Å²) in [5.41, 5.74) is 1.82. The van der Waals surface area contributed by atoms with E-state index in [1.807, 2.05) is 28.8 Å². The van der Waals surface area contributed by atoms with Crippen LogP contribution in [0.3, 0.4) is 0 Å². The van der Waals surface area contributed by atoms with E-state index in [2.05, 4.69) is 46.8 Å². The van der Waals surface area contributed by atoms with Crippen LogP contribution in [-0.2, 0) is 12.0 Å². The molecule has 0 saturated carbocycles. The Morgan fingerprint density at radius 1 is 0.933 bits per heavy atom. The summed E-state index contributed by atoms with van der Waals surface area (Å²) in [5, 5.41) is 13.5. The summed E-state index contributed by atoms with van der Waals surface area (Å²) < 4.78 is 12.8. The Morgan fingerprint density at radius 3 is 2.37 bits per heavy atom. The van der Waals surface area contributed by atoms with Crippen LogP contribution in [0.5, 0.6) is 11.5 Å². The molecule has 8 nitrogen and oxygen atoms in total. The molecular formula is C22H30N6O2. The fourth-order valence-electron chi connectivity index (χ4n) is 3.80. The van der Waals surface area contributed by atoms with Gasteiger partial charge in [-0.2, -0.15) is 4.52 Å². The third-order valence-corrected chi connectivity index (χ3v) is 5.50. The van der Waals surface area contributed by atoms with E-state index in [-0.39, 0.29) is 5.41 Å². The monoisotopic (exact) mass is 410 g/mol. The molecule has 0 bridgehead atoms. The van der Waals surface area contributed by atoms with Crippen molar-refractivity contribution in [3.05, 3.63) is 41.7 Å². The number of aromatic nitrogens is 4. The maximum atomic E-state index is 5.53. The second-order valence-corrected chi connectivity index (χ2v) is 8.68. The Labute approximate surface area is 177 Å². The third-order valence-electron chi connectivity index (χ3n) is 5.50. The minimum absolute atomic E-state index is 0.112. The molecule has 1 saturated heterocycles. The molecule has 4 rings (SSSR count). The van der Waals surface area contributed by atoms with Crippen molar-refractivity contribution in [2.24, 2.45) is 0 Å². The van der Waals surface area contributed by atoms with Gasteiger partial charge >= 0.3 is 0 Å². The molecule has 0 aliphatic carbocycles. The summed E-state index contributed by atoms with van der Waals surface area (Å²) in [6, 6.07) is 9.99. The van der Waals surface area contributed by atoms with Gasteiger partial charge in [-0.15, -0.1) is 15.3 Å². The van der Waals surface area contributed by atoms with Crippen molar-refractivity contribution in [2.75, 3.05) is 45.3 Å². The van der Waals surface area contributed by atoms with Crippen LogP contribution in [0.25, 0.3) is 5.65 Å². The standard InChI is InChI=1S/C22H30N6O2/c1-22(2,3)21-24-23-19-8-9-20(25-28(19)21)27-12-10-26(11-13-27)15-16-14-17(29-4)6-7-18(16)30-5/h6-9,14H,10-13,15H2,1-5H3. The van der Waals surface area contributed by atoms with Crippen LogP contribution in [-0.4, -0.2) is 65.1 Å². The number of nitrogens with zero attached hydrogens (tertiary/aromatic N) is 6. The van der Waals surface area contributed by atoms with E-state index in [1.165, 1.54) is 0 Å². The molecule has 30 heavy (non-hydrogen) atoms. The van der Waals surface area contributed by atoms with Gasteiger partial charge in [0, 0.05) is 43.7 Å². The molecule has 0 atom stereocenters. The predicted molar refractivity (Wildman–Crippen MR) is 117 cm³/mol. The molecule has 3 heterocycles. The number of rotatable bonds is 5. The largest absolute Gasteiger partial charge is 0.497 e. The van der Waals surface area contributed by atoms with Crippen molar-refractivity contribution in [2.45, 2.75) is 32.7 Å². The first-order valence-corrected chi connectivity index (χ1v) is 10.3. The van der Waals surface area contributed by atoms with E-state index >= 15 is 0 Å². The zero-order chi connectivity index (χ0) is 21.3. The molecule has 0 radical (unpaired) electrons. The van der Waals surface area contributed by atoms with Crippen molar-refractivity contribution in [1.29, 1.82) is 0 Å². The molecule has 1 aliphatic rings. The molecule has 2 aromatic heterocycles. The fraction of sp³-hybridized carbons (Fsp3) is 0.500. The molecule has 1 fully saturated rings. The van der Waals surface area contributed by atoms with Crippen LogP contribution in [0.1, 0.15) is 32.2 Å². The van der Waals surface area contributed by atoms with Crippen molar-refractivity contribution < 1.29 is 9.47 Å². The van der Waals surface area contributed by atoms with E-state index in [4.69, 9.17) is 14.6 Å². The molecule has 8 heteroatoms. The maximum Gasteiger partial charge on any atom is 0.178 e. The van der Waals surface area contributed by atoms with E-state index in [9.17, 15) is 0 Å². The van der Waals surface area contributed by atoms with E-state index < -0.39 is 0 Å². The molecule has 0 amide bonds. The van der Waals surface area contributed by atoms with Crippen LogP contribution >= 0.6 is 0 Å². The Bertz CT molecular complexity index is 1020. The number of hydrogen-bond acceptors (Lipinski definition) is 7. The fourth-order valence-corrected chi connectivity index (χ4v) is 3.80. The van der Waals surface area contributed by atoms with Crippen molar-refractivity contribution >= 4 is 11.5 Å². The van der Waals surface area contributed by atoms with E-state index in [0.29, 0.717) is 0 Å². The quantitative estimate of drug-likeness (QED) is 0.641. The van der Waals surface area contributed by atoms with Crippen LogP contribution in [0.2, 0.25) is 0 Å². The number of piperazine rings is 1. The first-order valence-electron chi connectivity index (χ1n) is 10.3. The summed E-state index contributed by atoms with van der Waals surface area (Å²) in [7, 11) is 3.40. The molecule has 1 aliphatic heterocycles. The zero-order valence-corrected chi connectivity index (χ0v) is 18.4. The van der Waals surface area contributed by atoms with Gasteiger partial charge in [0.2, 0.25) is 0 Å². The van der Waals surface area contributed by atoms with Gasteiger partial charge in [0.25, 0.3) is 0 Å². The molecular weight excluding hydrogens is 380 g/mol. The summed E-state index contributed by atoms with van der Waals surface area (Å²) in [6.45, 7) is 11.0. The highest BCUT2D eigenvalue weighted by molar-refractivity contribution is 5.46. The van der Waals surface area contributed by atoms with E-state index in [0.717, 1.165) is 67.1 Å². The minimum atomic E-state index is -0.112. The lowest BCUT2D eigenvalue weighted by Gasteiger charge is -2.35. The highest BCUT2D eigenvalue weighted by atomic mass is 16.5. The highest BCUT2D eigenvalue weighted by Crippen LogP contribution is 2.26. The van der Waals surface area contributed by atoms with Gasteiger partial charge < -0.3 is 14.4 Å². The number of anilines is 1. The normalized spacial score (nSPS) is 15.6. The van der Waals surface area contributed by atoms with Gasteiger partial charge in [0.1, 0.15) is 17.3 Å². The van der Waals surface area contributed by atoms with Crippen LogP contribution in [0, 0.1) is 0 Å². The lowest BCUT2D eigenvalue weighted by atomic mass is 9.96. The Balaban J connectivity index is 1.46. The third kappa shape index (κ3) is 4.05. The smallest absolute Gasteiger partial charge is 0.178 e. The predicted octanol–water partition coefficient (Wildman–Crippen LogP) is 2.76. The molecule has 0 unspecified atom stereocenters. The second-order valence-electron chi connectivity index (χ2n) is 8.68. The summed E-state index contributed by atoms with van der Waals surface area (Å²) in [5.74, 6) is 3.59. The molecule has 160 valence electrons. The van der Waals surface area contributed by atoms with Crippen LogP contribution < -0.4 is 14.4 Å². The van der Waals surface area contributed by atoms with Crippen LogP contribution in [0.15, 0.2) is 30.3 Å². The average Bonchev–Trinajstić information content (AvgIpc) is 3.18. The second kappa shape index (κ2) is 8.10. The summed E-state index contributed by atoms with van der Waals surface area (Å²) in [6.07, 6.45) is 0. The van der Waals surface area contributed by atoms with Gasteiger partial charge in [-0.05, 0) is 30.3 Å². The number of methoxy groups -OCH3 is 2. The zero-order valence-electron chi connectivity index (χ0n) is 18.4. The summed E-state index contributed by atoms with van der Waals surface area (Å²) in [4.78, 5) is 4.76. The Hall–Kier alpha value is -2.87. The lowest BCUT2D eigenvalue weighted by molar-refractivity contribution is 0.245. The average molecular weight is 411 g/mol. The van der Waals surface area contributed by atoms with Gasteiger partial charge in [-0.1, -0.05) is 20.8 Å².